The lowest BCUT2D eigenvalue weighted by Crippen LogP contribution is -1.88. The van der Waals surface area contributed by atoms with Crippen molar-refractivity contribution < 1.29 is 9.50 Å². The molecular formula is C18H15FOS. The normalized spacial score (nSPS) is 11.0. The lowest BCUT2D eigenvalue weighted by atomic mass is 10.1. The minimum absolute atomic E-state index is 0.202. The molecular weight excluding hydrogens is 283 g/mol. The molecule has 0 fully saturated rings. The molecule has 3 heteroatoms. The highest BCUT2D eigenvalue weighted by atomic mass is 32.2. The Morgan fingerprint density at radius 1 is 1.00 bits per heavy atom. The number of thioether (sulfide) groups is 1. The van der Waals surface area contributed by atoms with Crippen LogP contribution in [0.5, 0.6) is 5.75 Å². The quantitative estimate of drug-likeness (QED) is 0.663. The number of hydrogen-bond donors (Lipinski definition) is 1. The average Bonchev–Trinajstić information content (AvgIpc) is 2.50. The third-order valence-corrected chi connectivity index (χ3v) is 4.68. The van der Waals surface area contributed by atoms with Gasteiger partial charge in [0.2, 0.25) is 0 Å². The summed E-state index contributed by atoms with van der Waals surface area (Å²) in [6.07, 6.45) is 0. The van der Waals surface area contributed by atoms with Gasteiger partial charge >= 0.3 is 0 Å². The first kappa shape index (κ1) is 14.0. The van der Waals surface area contributed by atoms with Crippen LogP contribution in [0, 0.1) is 12.7 Å². The van der Waals surface area contributed by atoms with Gasteiger partial charge in [0.15, 0.2) is 0 Å². The Morgan fingerprint density at radius 3 is 2.57 bits per heavy atom. The van der Waals surface area contributed by atoms with Crippen LogP contribution in [-0.4, -0.2) is 5.11 Å². The fourth-order valence-corrected chi connectivity index (χ4v) is 3.45. The number of benzene rings is 3. The molecule has 1 nitrogen and oxygen atoms in total. The van der Waals surface area contributed by atoms with E-state index in [9.17, 15) is 9.50 Å². The van der Waals surface area contributed by atoms with E-state index < -0.39 is 0 Å². The summed E-state index contributed by atoms with van der Waals surface area (Å²) in [7, 11) is 0. The Bertz CT molecular complexity index is 798. The van der Waals surface area contributed by atoms with Gasteiger partial charge in [0.1, 0.15) is 11.6 Å². The summed E-state index contributed by atoms with van der Waals surface area (Å²) < 4.78 is 13.3. The Labute approximate surface area is 127 Å². The molecule has 0 saturated carbocycles. The molecule has 3 aromatic rings. The molecule has 0 spiro atoms. The first-order valence-corrected chi connectivity index (χ1v) is 7.72. The van der Waals surface area contributed by atoms with Crippen molar-refractivity contribution in [1.82, 2.24) is 0 Å². The molecule has 0 aliphatic heterocycles. The van der Waals surface area contributed by atoms with Crippen LogP contribution in [0.3, 0.4) is 0 Å². The zero-order chi connectivity index (χ0) is 14.8. The van der Waals surface area contributed by atoms with Crippen molar-refractivity contribution in [3.63, 3.8) is 0 Å². The van der Waals surface area contributed by atoms with E-state index >= 15 is 0 Å². The molecule has 0 amide bonds. The molecule has 0 radical (unpaired) electrons. The standard InChI is InChI=1S/C18H15FOS/c1-12-6-7-14(19)10-13(12)11-21-18-9-8-17(20)15-4-2-3-5-16(15)18/h2-10,20H,11H2,1H3. The number of aromatic hydroxyl groups is 1. The largest absolute Gasteiger partial charge is 0.507 e. The Balaban J connectivity index is 1.92. The Morgan fingerprint density at radius 2 is 1.76 bits per heavy atom. The summed E-state index contributed by atoms with van der Waals surface area (Å²) in [5, 5.41) is 11.8. The van der Waals surface area contributed by atoms with Crippen molar-refractivity contribution in [1.29, 1.82) is 0 Å². The van der Waals surface area contributed by atoms with E-state index in [1.807, 2.05) is 37.3 Å². The zero-order valence-electron chi connectivity index (χ0n) is 11.6. The van der Waals surface area contributed by atoms with E-state index in [0.717, 1.165) is 26.8 Å². The lowest BCUT2D eigenvalue weighted by molar-refractivity contribution is 0.481. The maximum Gasteiger partial charge on any atom is 0.123 e. The predicted molar refractivity (Wildman–Crippen MR) is 86.3 cm³/mol. The van der Waals surface area contributed by atoms with Crippen LogP contribution in [0.2, 0.25) is 0 Å². The summed E-state index contributed by atoms with van der Waals surface area (Å²) >= 11 is 1.66. The van der Waals surface area contributed by atoms with Crippen LogP contribution < -0.4 is 0 Å². The number of aryl methyl sites for hydroxylation is 1. The third-order valence-electron chi connectivity index (χ3n) is 3.56. The minimum atomic E-state index is -0.202. The third kappa shape index (κ3) is 2.88. The number of phenols is 1. The molecule has 21 heavy (non-hydrogen) atoms. The van der Waals surface area contributed by atoms with Gasteiger partial charge < -0.3 is 5.11 Å². The van der Waals surface area contributed by atoms with Crippen molar-refractivity contribution in [2.75, 3.05) is 0 Å². The topological polar surface area (TPSA) is 20.2 Å². The van der Waals surface area contributed by atoms with Gasteiger partial charge in [-0.25, -0.2) is 4.39 Å². The second kappa shape index (κ2) is 5.78. The van der Waals surface area contributed by atoms with Gasteiger partial charge in [-0.1, -0.05) is 30.3 Å². The zero-order valence-corrected chi connectivity index (χ0v) is 12.5. The smallest absolute Gasteiger partial charge is 0.123 e. The van der Waals surface area contributed by atoms with E-state index in [1.165, 1.54) is 6.07 Å². The van der Waals surface area contributed by atoms with E-state index in [4.69, 9.17) is 0 Å². The number of phenolic OH excluding ortho intramolecular Hbond substituents is 1. The predicted octanol–water partition coefficient (Wildman–Crippen LogP) is 5.29. The fraction of sp³-hybridized carbons (Fsp3) is 0.111. The molecule has 3 aromatic carbocycles. The van der Waals surface area contributed by atoms with Crippen molar-refractivity contribution in [3.05, 3.63) is 71.5 Å². The number of hydrogen-bond acceptors (Lipinski definition) is 2. The summed E-state index contributed by atoms with van der Waals surface area (Å²) in [4.78, 5) is 1.09. The van der Waals surface area contributed by atoms with Crippen LogP contribution in [0.15, 0.2) is 59.5 Å². The van der Waals surface area contributed by atoms with E-state index in [0.29, 0.717) is 5.75 Å². The second-order valence-corrected chi connectivity index (χ2v) is 6.01. The average molecular weight is 298 g/mol. The number of halogens is 1. The van der Waals surface area contributed by atoms with Crippen LogP contribution in [0.1, 0.15) is 11.1 Å². The van der Waals surface area contributed by atoms with Crippen molar-refractivity contribution in [2.24, 2.45) is 0 Å². The van der Waals surface area contributed by atoms with Gasteiger partial charge in [-0.15, -0.1) is 11.8 Å². The molecule has 106 valence electrons. The van der Waals surface area contributed by atoms with Crippen LogP contribution in [0.4, 0.5) is 4.39 Å². The lowest BCUT2D eigenvalue weighted by Gasteiger charge is -2.09. The maximum atomic E-state index is 13.3. The molecule has 0 aliphatic carbocycles. The van der Waals surface area contributed by atoms with Gasteiger partial charge in [0, 0.05) is 16.0 Å². The summed E-state index contributed by atoms with van der Waals surface area (Å²) in [5.41, 5.74) is 2.09. The number of rotatable bonds is 3. The van der Waals surface area contributed by atoms with Gasteiger partial charge in [-0.05, 0) is 47.7 Å². The molecule has 0 atom stereocenters. The summed E-state index contributed by atoms with van der Waals surface area (Å²) in [6.45, 7) is 1.99. The molecule has 1 N–H and O–H groups in total. The highest BCUT2D eigenvalue weighted by molar-refractivity contribution is 7.98. The molecule has 0 saturated heterocycles. The molecule has 3 rings (SSSR count). The van der Waals surface area contributed by atoms with Crippen LogP contribution in [0.25, 0.3) is 10.8 Å². The van der Waals surface area contributed by atoms with E-state index in [2.05, 4.69) is 0 Å². The van der Waals surface area contributed by atoms with E-state index in [-0.39, 0.29) is 11.6 Å². The summed E-state index contributed by atoms with van der Waals surface area (Å²) in [5.74, 6) is 0.793. The van der Waals surface area contributed by atoms with Gasteiger partial charge in [-0.3, -0.25) is 0 Å². The van der Waals surface area contributed by atoms with Crippen molar-refractivity contribution >= 4 is 22.5 Å². The Hall–Kier alpha value is -2.00. The van der Waals surface area contributed by atoms with Gasteiger partial charge in [0.25, 0.3) is 0 Å². The molecule has 0 unspecified atom stereocenters. The molecule has 0 bridgehead atoms. The van der Waals surface area contributed by atoms with Crippen LogP contribution >= 0.6 is 11.8 Å². The minimum Gasteiger partial charge on any atom is -0.507 e. The molecule has 0 aliphatic rings. The second-order valence-electron chi connectivity index (χ2n) is 4.99. The molecule has 0 aromatic heterocycles. The Kier molecular flexibility index (Phi) is 3.84. The first-order valence-electron chi connectivity index (χ1n) is 6.74. The van der Waals surface area contributed by atoms with Gasteiger partial charge in [-0.2, -0.15) is 0 Å². The highest BCUT2D eigenvalue weighted by Gasteiger charge is 2.07. The molecule has 0 heterocycles. The fourth-order valence-electron chi connectivity index (χ4n) is 2.33. The first-order chi connectivity index (χ1) is 10.1. The van der Waals surface area contributed by atoms with E-state index in [1.54, 1.807) is 30.0 Å². The van der Waals surface area contributed by atoms with Crippen molar-refractivity contribution in [3.8, 4) is 5.75 Å². The number of fused-ring (bicyclic) bond motifs is 1. The maximum absolute atomic E-state index is 13.3. The van der Waals surface area contributed by atoms with Crippen molar-refractivity contribution in [2.45, 2.75) is 17.6 Å². The van der Waals surface area contributed by atoms with Crippen LogP contribution in [-0.2, 0) is 5.75 Å². The monoisotopic (exact) mass is 298 g/mol. The summed E-state index contributed by atoms with van der Waals surface area (Å²) in [6, 6.07) is 16.3. The van der Waals surface area contributed by atoms with Gasteiger partial charge in [0.05, 0.1) is 0 Å². The SMILES string of the molecule is Cc1ccc(F)cc1CSc1ccc(O)c2ccccc12. The highest BCUT2D eigenvalue weighted by Crippen LogP contribution is 2.35.